The minimum atomic E-state index is -0.249. The Kier molecular flexibility index (Phi) is 7.99. The summed E-state index contributed by atoms with van der Waals surface area (Å²) in [4.78, 5) is 18.3. The Balaban J connectivity index is 1.45. The van der Waals surface area contributed by atoms with Crippen molar-refractivity contribution in [2.75, 3.05) is 19.0 Å². The summed E-state index contributed by atoms with van der Waals surface area (Å²) in [6.07, 6.45) is 4.79. The van der Waals surface area contributed by atoms with E-state index in [9.17, 15) is 10.1 Å². The predicted molar refractivity (Wildman–Crippen MR) is 150 cm³/mol. The lowest BCUT2D eigenvalue weighted by atomic mass is 9.72. The maximum atomic E-state index is 12.4. The molecule has 1 N–H and O–H groups in total. The van der Waals surface area contributed by atoms with Crippen molar-refractivity contribution in [2.24, 2.45) is 16.3 Å². The molecule has 192 valence electrons. The van der Waals surface area contributed by atoms with E-state index in [0.29, 0.717) is 23.0 Å². The van der Waals surface area contributed by atoms with Gasteiger partial charge >= 0.3 is 0 Å². The van der Waals surface area contributed by atoms with Crippen LogP contribution in [0, 0.1) is 29.6 Å². The third-order valence-electron chi connectivity index (χ3n) is 6.88. The van der Waals surface area contributed by atoms with Crippen LogP contribution in [-0.2, 0) is 17.6 Å². The Morgan fingerprint density at radius 1 is 1.24 bits per heavy atom. The third kappa shape index (κ3) is 6.20. The number of fused-ring (bicyclic) bond motifs is 1. The van der Waals surface area contributed by atoms with Crippen molar-refractivity contribution >= 4 is 34.1 Å². The normalized spacial score (nSPS) is 15.2. The highest BCUT2D eigenvalue weighted by atomic mass is 32.1. The fraction of sp³-hybridized carbons (Fsp3) is 0.367. The number of carbonyl (C=O) groups excluding carboxylic acids is 1. The molecule has 1 aromatic heterocycles. The van der Waals surface area contributed by atoms with E-state index in [1.807, 2.05) is 43.3 Å². The van der Waals surface area contributed by atoms with E-state index < -0.39 is 0 Å². The number of amides is 1. The molecule has 0 spiro atoms. The molecule has 1 atom stereocenters. The van der Waals surface area contributed by atoms with Gasteiger partial charge in [0.2, 0.25) is 0 Å². The molecule has 0 unspecified atom stereocenters. The highest BCUT2D eigenvalue weighted by molar-refractivity contribution is 7.16. The Hall–Kier alpha value is -3.63. The van der Waals surface area contributed by atoms with Crippen molar-refractivity contribution < 1.29 is 14.3 Å². The molecular formula is C30H33N3O3S. The van der Waals surface area contributed by atoms with Gasteiger partial charge < -0.3 is 14.8 Å². The number of anilines is 1. The zero-order chi connectivity index (χ0) is 26.6. The molecule has 0 radical (unpaired) electrons. The molecule has 7 heteroatoms. The first-order valence-electron chi connectivity index (χ1n) is 12.4. The summed E-state index contributed by atoms with van der Waals surface area (Å²) in [6.45, 7) is 8.67. The van der Waals surface area contributed by atoms with E-state index in [1.165, 1.54) is 10.4 Å². The zero-order valence-corrected chi connectivity index (χ0v) is 22.9. The van der Waals surface area contributed by atoms with Crippen molar-refractivity contribution in [3.05, 3.63) is 69.6 Å². The number of thiophene rings is 1. The van der Waals surface area contributed by atoms with Gasteiger partial charge in [0.1, 0.15) is 11.1 Å². The molecular weight excluding hydrogens is 482 g/mol. The number of nitriles is 1. The second-order valence-electron chi connectivity index (χ2n) is 10.4. The third-order valence-corrected chi connectivity index (χ3v) is 8.04. The fourth-order valence-corrected chi connectivity index (χ4v) is 5.80. The van der Waals surface area contributed by atoms with E-state index in [1.54, 1.807) is 30.7 Å². The molecule has 6 nitrogen and oxygen atoms in total. The standard InChI is InChI=1S/C30H33N3O3S/c1-19-8-6-7-9-24(19)33-28(34)18-36-25-13-10-20(14-26(25)35-5)17-32-29-23(16-31)22-12-11-21(30(2,3)4)15-27(22)37-29/h6-10,13-14,17,21H,11-12,15,18H2,1-5H3,(H,33,34)/t21-/m0/s1. The molecule has 1 aliphatic carbocycles. The summed E-state index contributed by atoms with van der Waals surface area (Å²) in [5.74, 6) is 1.34. The first-order valence-corrected chi connectivity index (χ1v) is 13.3. The van der Waals surface area contributed by atoms with Crippen molar-refractivity contribution in [3.8, 4) is 17.6 Å². The Morgan fingerprint density at radius 3 is 2.73 bits per heavy atom. The molecule has 0 fully saturated rings. The van der Waals surface area contributed by atoms with Crippen LogP contribution in [0.4, 0.5) is 10.7 Å². The number of nitrogens with one attached hydrogen (secondary N) is 1. The Labute approximate surface area is 223 Å². The smallest absolute Gasteiger partial charge is 0.262 e. The number of benzene rings is 2. The van der Waals surface area contributed by atoms with Gasteiger partial charge in [-0.2, -0.15) is 5.26 Å². The van der Waals surface area contributed by atoms with Crippen molar-refractivity contribution in [2.45, 2.75) is 47.0 Å². The molecule has 0 aliphatic heterocycles. The molecule has 2 aromatic carbocycles. The van der Waals surface area contributed by atoms with Gasteiger partial charge in [0.15, 0.2) is 18.1 Å². The minimum absolute atomic E-state index is 0.139. The van der Waals surface area contributed by atoms with Crippen LogP contribution in [0.1, 0.15) is 54.3 Å². The van der Waals surface area contributed by atoms with Crippen molar-refractivity contribution in [1.29, 1.82) is 5.26 Å². The van der Waals surface area contributed by atoms with Gasteiger partial charge in [0, 0.05) is 16.8 Å². The number of para-hydroxylation sites is 1. The van der Waals surface area contributed by atoms with Gasteiger partial charge in [0.05, 0.1) is 12.7 Å². The maximum absolute atomic E-state index is 12.4. The number of aliphatic imine (C=N–C) groups is 1. The number of carbonyl (C=O) groups is 1. The molecule has 1 heterocycles. The first-order chi connectivity index (χ1) is 17.7. The number of hydrogen-bond donors (Lipinski definition) is 1. The van der Waals surface area contributed by atoms with Crippen LogP contribution in [0.3, 0.4) is 0 Å². The van der Waals surface area contributed by atoms with Gasteiger partial charge in [-0.3, -0.25) is 4.79 Å². The molecule has 3 aromatic rings. The van der Waals surface area contributed by atoms with E-state index in [2.05, 4.69) is 37.1 Å². The summed E-state index contributed by atoms with van der Waals surface area (Å²) in [6, 6.07) is 15.4. The van der Waals surface area contributed by atoms with Crippen LogP contribution in [-0.4, -0.2) is 25.8 Å². The summed E-state index contributed by atoms with van der Waals surface area (Å²) >= 11 is 1.63. The first kappa shape index (κ1) is 26.4. The Bertz CT molecular complexity index is 1360. The number of nitrogens with zero attached hydrogens (tertiary/aromatic N) is 2. The van der Waals surface area contributed by atoms with E-state index in [4.69, 9.17) is 9.47 Å². The van der Waals surface area contributed by atoms with E-state index in [0.717, 1.165) is 41.1 Å². The second kappa shape index (κ2) is 11.2. The Morgan fingerprint density at radius 2 is 2.03 bits per heavy atom. The van der Waals surface area contributed by atoms with Gasteiger partial charge in [-0.25, -0.2) is 4.99 Å². The molecule has 4 rings (SSSR count). The van der Waals surface area contributed by atoms with Crippen LogP contribution in [0.15, 0.2) is 47.5 Å². The molecule has 0 bridgehead atoms. The number of ether oxygens (including phenoxy) is 2. The van der Waals surface area contributed by atoms with E-state index in [-0.39, 0.29) is 17.9 Å². The molecule has 1 aliphatic rings. The highest BCUT2D eigenvalue weighted by Crippen LogP contribution is 2.45. The topological polar surface area (TPSA) is 83.7 Å². The van der Waals surface area contributed by atoms with Gasteiger partial charge in [-0.1, -0.05) is 39.0 Å². The molecule has 0 saturated heterocycles. The predicted octanol–water partition coefficient (Wildman–Crippen LogP) is 6.86. The lowest BCUT2D eigenvalue weighted by molar-refractivity contribution is -0.118. The average molecular weight is 516 g/mol. The van der Waals surface area contributed by atoms with Crippen LogP contribution in [0.2, 0.25) is 0 Å². The molecule has 1 amide bonds. The molecule has 0 saturated carbocycles. The van der Waals surface area contributed by atoms with Crippen LogP contribution in [0.25, 0.3) is 0 Å². The number of methoxy groups -OCH3 is 1. The van der Waals surface area contributed by atoms with Gasteiger partial charge in [-0.05, 0) is 78.5 Å². The summed E-state index contributed by atoms with van der Waals surface area (Å²) in [5, 5.41) is 13.4. The lowest BCUT2D eigenvalue weighted by Gasteiger charge is -2.33. The van der Waals surface area contributed by atoms with Crippen molar-refractivity contribution in [1.82, 2.24) is 0 Å². The highest BCUT2D eigenvalue weighted by Gasteiger charge is 2.32. The summed E-state index contributed by atoms with van der Waals surface area (Å²) in [5.41, 5.74) is 4.68. The number of aryl methyl sites for hydroxylation is 1. The lowest BCUT2D eigenvalue weighted by Crippen LogP contribution is -2.26. The van der Waals surface area contributed by atoms with Gasteiger partial charge in [0.25, 0.3) is 5.91 Å². The van der Waals surface area contributed by atoms with Crippen molar-refractivity contribution in [3.63, 3.8) is 0 Å². The zero-order valence-electron chi connectivity index (χ0n) is 22.1. The SMILES string of the molecule is COc1cc(C=Nc2sc3c(c2C#N)CC[C@H](C(C)(C)C)C3)ccc1OCC(=O)Nc1ccccc1C. The fourth-order valence-electron chi connectivity index (χ4n) is 4.58. The minimum Gasteiger partial charge on any atom is -0.493 e. The second-order valence-corrected chi connectivity index (χ2v) is 11.5. The van der Waals surface area contributed by atoms with Crippen LogP contribution in [0.5, 0.6) is 11.5 Å². The summed E-state index contributed by atoms with van der Waals surface area (Å²) in [7, 11) is 1.56. The van der Waals surface area contributed by atoms with Crippen LogP contribution < -0.4 is 14.8 Å². The number of hydrogen-bond acceptors (Lipinski definition) is 6. The quantitative estimate of drug-likeness (QED) is 0.349. The largest absolute Gasteiger partial charge is 0.493 e. The van der Waals surface area contributed by atoms with Gasteiger partial charge in [-0.15, -0.1) is 11.3 Å². The average Bonchev–Trinajstić information content (AvgIpc) is 3.24. The number of rotatable bonds is 7. The maximum Gasteiger partial charge on any atom is 0.262 e. The van der Waals surface area contributed by atoms with Crippen LogP contribution >= 0.6 is 11.3 Å². The van der Waals surface area contributed by atoms with E-state index >= 15 is 0 Å². The monoisotopic (exact) mass is 515 g/mol. The summed E-state index contributed by atoms with van der Waals surface area (Å²) < 4.78 is 11.2. The molecule has 37 heavy (non-hydrogen) atoms.